The molecule has 0 saturated heterocycles. The summed E-state index contributed by atoms with van der Waals surface area (Å²) in [5, 5.41) is 0. The van der Waals surface area contributed by atoms with Crippen LogP contribution in [0.1, 0.15) is 0 Å². The molecule has 0 saturated carbocycles. The highest BCUT2D eigenvalue weighted by Gasteiger charge is 2.59. The van der Waals surface area contributed by atoms with Crippen molar-refractivity contribution >= 4 is 93.2 Å². The highest BCUT2D eigenvalue weighted by atomic mass is 28.5. The molecule has 0 rings (SSSR count). The molecule has 0 bridgehead atoms. The third-order valence-electron chi connectivity index (χ3n) is 4.98. The molecule has 0 heterocycles. The lowest BCUT2D eigenvalue weighted by molar-refractivity contribution is 0.187. The maximum Gasteiger partial charge on any atom is 0.474 e. The van der Waals surface area contributed by atoms with Crippen molar-refractivity contribution in [3.63, 3.8) is 0 Å². The zero-order valence-corrected chi connectivity index (χ0v) is 45.6. The highest BCUT2D eigenvalue weighted by molar-refractivity contribution is 6.94. The van der Waals surface area contributed by atoms with Gasteiger partial charge in [-0.25, -0.2) is 0 Å². The van der Waals surface area contributed by atoms with Crippen molar-refractivity contribution in [2.75, 3.05) is 0 Å². The summed E-state index contributed by atoms with van der Waals surface area (Å²) in [6, 6.07) is 1.03. The molecule has 0 spiro atoms. The summed E-state index contributed by atoms with van der Waals surface area (Å²) >= 11 is 0. The average molecular weight is 842 g/mol. The minimum absolute atomic E-state index is 0.487. The van der Waals surface area contributed by atoms with Crippen LogP contribution in [0.25, 0.3) is 0 Å². The van der Waals surface area contributed by atoms with Crippen LogP contribution in [0, 0.1) is 0 Å². The molecule has 0 aliphatic carbocycles. The fraction of sp³-hybridized carbons (Fsp3) is 1.00. The van der Waals surface area contributed by atoms with Crippen LogP contribution >= 0.6 is 0 Å². The Labute approximate surface area is 297 Å². The normalized spacial score (nSPS) is 15.9. The van der Waals surface area contributed by atoms with Gasteiger partial charge in [-0.1, -0.05) is 0 Å². The van der Waals surface area contributed by atoms with E-state index in [-0.39, 0.29) is 0 Å². The predicted octanol–water partition coefficient (Wildman–Crippen LogP) is 10.1. The van der Waals surface area contributed by atoms with Crippen LogP contribution in [0.2, 0.25) is 169 Å². The van der Waals surface area contributed by atoms with Crippen LogP contribution in [0.4, 0.5) is 0 Å². The van der Waals surface area contributed by atoms with Crippen LogP contribution in [-0.4, -0.2) is 93.2 Å². The number of rotatable bonds is 21. The number of hydrogen-bond acceptors (Lipinski definition) is 9. The van der Waals surface area contributed by atoms with Gasteiger partial charge in [0.15, 0.2) is 49.9 Å². The van der Waals surface area contributed by atoms with E-state index < -0.39 is 93.2 Å². The van der Waals surface area contributed by atoms with Gasteiger partial charge >= 0.3 is 43.3 Å². The molecule has 9 nitrogen and oxygen atoms in total. The van der Waals surface area contributed by atoms with Gasteiger partial charge in [-0.3, -0.25) is 0 Å². The third-order valence-corrected chi connectivity index (χ3v) is 41.2. The number of hydrogen-bond donors (Lipinski definition) is 0. The third kappa shape index (κ3) is 23.5. The molecule has 0 fully saturated rings. The van der Waals surface area contributed by atoms with Crippen molar-refractivity contribution in [2.45, 2.75) is 169 Å². The maximum atomic E-state index is 7.36. The predicted molar refractivity (Wildman–Crippen MR) is 223 cm³/mol. The van der Waals surface area contributed by atoms with E-state index in [1.165, 1.54) is 0 Å². The van der Waals surface area contributed by atoms with Gasteiger partial charge < -0.3 is 37.0 Å². The Bertz CT molecular complexity index is 842. The molecular formula is C26H76O9Si11. The summed E-state index contributed by atoms with van der Waals surface area (Å²) < 4.78 is 63.9. The molecule has 20 heteroatoms. The zero-order valence-electron chi connectivity index (χ0n) is 34.6. The molecule has 278 valence electrons. The molecule has 0 atom stereocenters. The maximum absolute atomic E-state index is 7.36. The van der Waals surface area contributed by atoms with Gasteiger partial charge in [0.25, 0.3) is 0 Å². The first-order chi connectivity index (χ1) is 19.6. The van der Waals surface area contributed by atoms with Crippen molar-refractivity contribution < 1.29 is 37.0 Å². The monoisotopic (exact) mass is 840 g/mol. The Kier molecular flexibility index (Phi) is 16.7. The Morgan fingerprint density at radius 3 is 0.522 bits per heavy atom. The SMILES string of the molecule is C[Si](C)(C)O[Si](C)(C)O[Si](CC[Si](O[Si](C)(C)C)(O[Si](C)(C)C)O[Si](C)(C)C)(O[Si](C)(C)O[Si](C)(C)C)O[Si](C)(C)O[Si](C)(C)C. The Balaban J connectivity index is 7.62. The molecule has 0 aromatic heterocycles. The van der Waals surface area contributed by atoms with Crippen LogP contribution in [0.15, 0.2) is 0 Å². The molecule has 0 unspecified atom stereocenters. The van der Waals surface area contributed by atoms with Crippen molar-refractivity contribution in [3.05, 3.63) is 0 Å². The van der Waals surface area contributed by atoms with Crippen molar-refractivity contribution in [1.82, 2.24) is 0 Å². The molecule has 0 N–H and O–H groups in total. The average Bonchev–Trinajstić information content (AvgIpc) is 2.53. The minimum atomic E-state index is -3.62. The van der Waals surface area contributed by atoms with E-state index in [2.05, 4.69) is 157 Å². The molecule has 46 heavy (non-hydrogen) atoms. The Hall–Kier alpha value is 2.03. The van der Waals surface area contributed by atoms with Crippen molar-refractivity contribution in [1.29, 1.82) is 0 Å². The fourth-order valence-electron chi connectivity index (χ4n) is 5.53. The second-order valence-electron chi connectivity index (χ2n) is 19.7. The fourth-order valence-corrected chi connectivity index (χ4v) is 53.2. The summed E-state index contributed by atoms with van der Waals surface area (Å²) in [6.45, 7) is 52.6. The van der Waals surface area contributed by atoms with E-state index in [0.29, 0.717) is 12.1 Å². The van der Waals surface area contributed by atoms with Gasteiger partial charge in [0.05, 0.1) is 0 Å². The van der Waals surface area contributed by atoms with Crippen molar-refractivity contribution in [2.24, 2.45) is 0 Å². The Morgan fingerprint density at radius 1 is 0.217 bits per heavy atom. The summed E-state index contributed by atoms with van der Waals surface area (Å²) in [5.74, 6) is 0. The molecule has 0 aliphatic heterocycles. The van der Waals surface area contributed by atoms with Crippen LogP contribution in [0.5, 0.6) is 0 Å². The van der Waals surface area contributed by atoms with Crippen LogP contribution in [-0.2, 0) is 37.0 Å². The van der Waals surface area contributed by atoms with E-state index >= 15 is 0 Å². The smallest absolute Gasteiger partial charge is 0.437 e. The van der Waals surface area contributed by atoms with E-state index in [4.69, 9.17) is 37.0 Å². The summed E-state index contributed by atoms with van der Waals surface area (Å²) in [6.07, 6.45) is 0. The van der Waals surface area contributed by atoms with E-state index in [0.717, 1.165) is 0 Å². The first-order valence-electron chi connectivity index (χ1n) is 16.9. The molecular weight excluding hydrogens is 765 g/mol. The van der Waals surface area contributed by atoms with Gasteiger partial charge in [-0.15, -0.1) is 0 Å². The standard InChI is InChI=1S/C26H76O9Si11/c1-36(2,3)27-42(19,20)33-46(34-43(21,22)28-37(4,5)6,35-44(23,24)29-38(7,8)9)26-25-45(30-39(10,11)12,31-40(13,14)15)32-41(16,17)18/h25-26H2,1-24H3. The van der Waals surface area contributed by atoms with E-state index in [9.17, 15) is 0 Å². The van der Waals surface area contributed by atoms with Gasteiger partial charge in [0.2, 0.25) is 0 Å². The molecule has 0 aromatic rings. The lowest BCUT2D eigenvalue weighted by Crippen LogP contribution is -2.67. The first-order valence-corrected chi connectivity index (χ1v) is 49.6. The lowest BCUT2D eigenvalue weighted by Gasteiger charge is -2.48. The van der Waals surface area contributed by atoms with Gasteiger partial charge in [0.1, 0.15) is 0 Å². The second-order valence-corrected chi connectivity index (χ2v) is 64.5. The zero-order chi connectivity index (χ0) is 37.3. The molecule has 0 radical (unpaired) electrons. The molecule has 0 amide bonds. The quantitative estimate of drug-likeness (QED) is 0.105. The van der Waals surface area contributed by atoms with Crippen LogP contribution in [0.3, 0.4) is 0 Å². The summed E-state index contributed by atoms with van der Waals surface area (Å²) in [4.78, 5) is 0. The van der Waals surface area contributed by atoms with Gasteiger partial charge in [-0.2, -0.15) is 0 Å². The Morgan fingerprint density at radius 2 is 0.370 bits per heavy atom. The van der Waals surface area contributed by atoms with Gasteiger partial charge in [-0.05, 0) is 157 Å². The molecule has 0 aromatic carbocycles. The second kappa shape index (κ2) is 16.0. The van der Waals surface area contributed by atoms with Gasteiger partial charge in [0, 0.05) is 12.1 Å². The van der Waals surface area contributed by atoms with E-state index in [1.807, 2.05) is 0 Å². The summed E-state index contributed by atoms with van der Waals surface area (Å²) in [7, 11) is -27.4. The van der Waals surface area contributed by atoms with Crippen LogP contribution < -0.4 is 0 Å². The molecule has 0 aliphatic rings. The van der Waals surface area contributed by atoms with E-state index in [1.54, 1.807) is 0 Å². The van der Waals surface area contributed by atoms with Crippen molar-refractivity contribution in [3.8, 4) is 0 Å². The first kappa shape index (κ1) is 48.0. The highest BCUT2D eigenvalue weighted by Crippen LogP contribution is 2.38. The topological polar surface area (TPSA) is 83.1 Å². The summed E-state index contributed by atoms with van der Waals surface area (Å²) in [5.41, 5.74) is 0. The lowest BCUT2D eigenvalue weighted by atomic mass is 11.0. The largest absolute Gasteiger partial charge is 0.474 e. The minimum Gasteiger partial charge on any atom is -0.437 e.